The Balaban J connectivity index is 1.94. The van der Waals surface area contributed by atoms with E-state index in [1.165, 1.54) is 6.07 Å². The third-order valence-electron chi connectivity index (χ3n) is 4.45. The fourth-order valence-corrected chi connectivity index (χ4v) is 3.89. The minimum atomic E-state index is -4.91. The van der Waals surface area contributed by atoms with Crippen LogP contribution in [-0.4, -0.2) is 47.4 Å². The van der Waals surface area contributed by atoms with Gasteiger partial charge in [0.1, 0.15) is 11.5 Å². The highest BCUT2D eigenvalue weighted by Gasteiger charge is 2.32. The van der Waals surface area contributed by atoms with Gasteiger partial charge < -0.3 is 4.90 Å². The SMILES string of the molecule is Cc1nc(C2CCCN(c3ccc(S(=O)(=O)C(F)F)cc3[N+](=O)[O-])C2)n[nH]1. The monoisotopic (exact) mass is 401 g/mol. The summed E-state index contributed by atoms with van der Waals surface area (Å²) in [6.07, 6.45) is 1.53. The minimum absolute atomic E-state index is 0.0484. The average Bonchev–Trinajstić information content (AvgIpc) is 3.07. The average molecular weight is 401 g/mol. The van der Waals surface area contributed by atoms with Crippen molar-refractivity contribution in [3.8, 4) is 0 Å². The number of hydrogen-bond acceptors (Lipinski definition) is 7. The second-order valence-corrected chi connectivity index (χ2v) is 8.20. The molecule has 0 bridgehead atoms. The number of aromatic nitrogens is 3. The Bertz CT molecular complexity index is 963. The lowest BCUT2D eigenvalue weighted by molar-refractivity contribution is -0.384. The normalized spacial score (nSPS) is 18.1. The molecule has 0 radical (unpaired) electrons. The molecule has 1 aliphatic rings. The second-order valence-electron chi connectivity index (χ2n) is 6.28. The minimum Gasteiger partial charge on any atom is -0.365 e. The predicted molar refractivity (Wildman–Crippen MR) is 91.6 cm³/mol. The number of piperidine rings is 1. The third kappa shape index (κ3) is 3.75. The molecule has 146 valence electrons. The number of sulfone groups is 1. The Morgan fingerprint density at radius 3 is 2.74 bits per heavy atom. The number of nitro groups is 1. The van der Waals surface area contributed by atoms with Gasteiger partial charge in [-0.25, -0.2) is 13.4 Å². The lowest BCUT2D eigenvalue weighted by atomic mass is 9.96. The van der Waals surface area contributed by atoms with Crippen molar-refractivity contribution in [2.45, 2.75) is 36.3 Å². The summed E-state index contributed by atoms with van der Waals surface area (Å²) in [4.78, 5) is 15.9. The van der Waals surface area contributed by atoms with Gasteiger partial charge in [0.15, 0.2) is 5.82 Å². The summed E-state index contributed by atoms with van der Waals surface area (Å²) in [5, 5.41) is 18.3. The van der Waals surface area contributed by atoms with Crippen LogP contribution < -0.4 is 4.90 Å². The quantitative estimate of drug-likeness (QED) is 0.603. The number of alkyl halides is 2. The second kappa shape index (κ2) is 7.18. The molecule has 2 heterocycles. The molecule has 27 heavy (non-hydrogen) atoms. The molecule has 12 heteroatoms. The molecule has 2 aromatic rings. The highest BCUT2D eigenvalue weighted by Crippen LogP contribution is 2.36. The molecule has 1 N–H and O–H groups in total. The number of nitrogens with zero attached hydrogens (tertiary/aromatic N) is 4. The van der Waals surface area contributed by atoms with Crippen molar-refractivity contribution in [2.75, 3.05) is 18.0 Å². The molecule has 3 rings (SSSR count). The summed E-state index contributed by atoms with van der Waals surface area (Å²) < 4.78 is 48.7. The third-order valence-corrected chi connectivity index (χ3v) is 5.83. The molecule has 1 saturated heterocycles. The van der Waals surface area contributed by atoms with Crippen LogP contribution in [0, 0.1) is 17.0 Å². The molecule has 1 aromatic carbocycles. The van der Waals surface area contributed by atoms with Crippen LogP contribution in [0.15, 0.2) is 23.1 Å². The number of aromatic amines is 1. The molecule has 9 nitrogen and oxygen atoms in total. The van der Waals surface area contributed by atoms with Gasteiger partial charge in [-0.05, 0) is 31.9 Å². The van der Waals surface area contributed by atoms with E-state index in [2.05, 4.69) is 15.2 Å². The molecule has 1 fully saturated rings. The van der Waals surface area contributed by atoms with Gasteiger partial charge in [0.05, 0.1) is 9.82 Å². The number of aryl methyl sites for hydroxylation is 1. The van der Waals surface area contributed by atoms with Crippen molar-refractivity contribution in [3.05, 3.63) is 40.0 Å². The van der Waals surface area contributed by atoms with Crippen LogP contribution in [-0.2, 0) is 9.84 Å². The molecule has 0 spiro atoms. The first-order valence-electron chi connectivity index (χ1n) is 8.14. The van der Waals surface area contributed by atoms with Gasteiger partial charge in [-0.15, -0.1) is 0 Å². The molecule has 1 unspecified atom stereocenters. The first kappa shape index (κ1) is 19.1. The number of H-pyrrole nitrogens is 1. The van der Waals surface area contributed by atoms with Gasteiger partial charge in [-0.2, -0.15) is 13.9 Å². The van der Waals surface area contributed by atoms with E-state index in [9.17, 15) is 27.3 Å². The van der Waals surface area contributed by atoms with Gasteiger partial charge in [0.25, 0.3) is 5.69 Å². The summed E-state index contributed by atoms with van der Waals surface area (Å²) in [5.41, 5.74) is -0.339. The molecule has 0 aliphatic carbocycles. The zero-order chi connectivity index (χ0) is 19.8. The van der Waals surface area contributed by atoms with Crippen LogP contribution in [0.5, 0.6) is 0 Å². The maximum atomic E-state index is 12.7. The number of halogens is 2. The van der Waals surface area contributed by atoms with Gasteiger partial charge in [-0.1, -0.05) is 0 Å². The molecule has 0 amide bonds. The van der Waals surface area contributed by atoms with Crippen molar-refractivity contribution < 1.29 is 22.1 Å². The lowest BCUT2D eigenvalue weighted by Crippen LogP contribution is -2.35. The molecule has 1 atom stereocenters. The van der Waals surface area contributed by atoms with Crippen LogP contribution in [0.1, 0.15) is 30.4 Å². The summed E-state index contributed by atoms with van der Waals surface area (Å²) >= 11 is 0. The largest absolute Gasteiger partial charge is 0.365 e. The summed E-state index contributed by atoms with van der Waals surface area (Å²) in [6, 6.07) is 2.88. The number of nitrogens with one attached hydrogen (secondary N) is 1. The Morgan fingerprint density at radius 1 is 1.41 bits per heavy atom. The maximum absolute atomic E-state index is 12.7. The smallest absolute Gasteiger partial charge is 0.341 e. The summed E-state index contributed by atoms with van der Waals surface area (Å²) in [5.74, 6) is -2.42. The summed E-state index contributed by atoms with van der Waals surface area (Å²) in [6.45, 7) is 2.69. The van der Waals surface area contributed by atoms with E-state index in [1.807, 2.05) is 0 Å². The number of nitro benzene ring substituents is 1. The molecular weight excluding hydrogens is 384 g/mol. The van der Waals surface area contributed by atoms with Gasteiger partial charge in [0.2, 0.25) is 9.84 Å². The number of benzene rings is 1. The molecule has 0 saturated carbocycles. The van der Waals surface area contributed by atoms with Crippen molar-refractivity contribution in [1.82, 2.24) is 15.2 Å². The van der Waals surface area contributed by atoms with E-state index < -0.39 is 31.1 Å². The van der Waals surface area contributed by atoms with Crippen LogP contribution in [0.2, 0.25) is 0 Å². The fraction of sp³-hybridized carbons (Fsp3) is 0.467. The standard InChI is InChI=1S/C15H17F2N5O4S/c1-9-18-14(20-19-9)10-3-2-6-21(8-10)12-5-4-11(7-13(12)22(23)24)27(25,26)15(16)17/h4-5,7,10,15H,2-3,6,8H2,1H3,(H,18,19,20). The van der Waals surface area contributed by atoms with E-state index in [0.717, 1.165) is 18.9 Å². The molecule has 1 aromatic heterocycles. The zero-order valence-electron chi connectivity index (χ0n) is 14.3. The molecule has 1 aliphatic heterocycles. The van der Waals surface area contributed by atoms with E-state index in [4.69, 9.17) is 0 Å². The van der Waals surface area contributed by atoms with Crippen molar-refractivity contribution in [2.24, 2.45) is 0 Å². The first-order valence-corrected chi connectivity index (χ1v) is 9.69. The Morgan fingerprint density at radius 2 is 2.15 bits per heavy atom. The number of rotatable bonds is 5. The van der Waals surface area contributed by atoms with Gasteiger partial charge in [0, 0.05) is 25.1 Å². The van der Waals surface area contributed by atoms with E-state index >= 15 is 0 Å². The highest BCUT2D eigenvalue weighted by atomic mass is 32.2. The van der Waals surface area contributed by atoms with Crippen LogP contribution in [0.3, 0.4) is 0 Å². The number of hydrogen-bond donors (Lipinski definition) is 1. The number of anilines is 1. The van der Waals surface area contributed by atoms with E-state index in [0.29, 0.717) is 30.8 Å². The topological polar surface area (TPSA) is 122 Å². The Labute approximate surface area is 153 Å². The van der Waals surface area contributed by atoms with Gasteiger partial charge >= 0.3 is 5.76 Å². The van der Waals surface area contributed by atoms with Crippen LogP contribution in [0.25, 0.3) is 0 Å². The van der Waals surface area contributed by atoms with Crippen molar-refractivity contribution in [1.29, 1.82) is 0 Å². The maximum Gasteiger partial charge on any atom is 0.341 e. The Hall–Kier alpha value is -2.63. The fourth-order valence-electron chi connectivity index (χ4n) is 3.15. The zero-order valence-corrected chi connectivity index (χ0v) is 15.1. The molecular formula is C15H17F2N5O4S. The predicted octanol–water partition coefficient (Wildman–Crippen LogP) is 2.40. The van der Waals surface area contributed by atoms with Gasteiger partial charge in [-0.3, -0.25) is 15.2 Å². The summed E-state index contributed by atoms with van der Waals surface area (Å²) in [7, 11) is -4.91. The highest BCUT2D eigenvalue weighted by molar-refractivity contribution is 7.91. The Kier molecular flexibility index (Phi) is 5.09. The van der Waals surface area contributed by atoms with E-state index in [1.54, 1.807) is 11.8 Å². The van der Waals surface area contributed by atoms with Crippen LogP contribution in [0.4, 0.5) is 20.2 Å². The van der Waals surface area contributed by atoms with Crippen LogP contribution >= 0.6 is 0 Å². The van der Waals surface area contributed by atoms with Crippen molar-refractivity contribution >= 4 is 21.2 Å². The van der Waals surface area contributed by atoms with Crippen molar-refractivity contribution in [3.63, 3.8) is 0 Å². The first-order chi connectivity index (χ1) is 12.7. The van der Waals surface area contributed by atoms with E-state index in [-0.39, 0.29) is 11.6 Å². The lowest BCUT2D eigenvalue weighted by Gasteiger charge is -2.32.